The lowest BCUT2D eigenvalue weighted by Gasteiger charge is -2.12. The van der Waals surface area contributed by atoms with E-state index >= 15 is 0 Å². The smallest absolute Gasteiger partial charge is 0.319 e. The minimum Gasteiger partial charge on any atom is -0.404 e. The van der Waals surface area contributed by atoms with Gasteiger partial charge in [-0.25, -0.2) is 10.3 Å². The number of aromatic nitrogens is 1. The number of amides is 3. The summed E-state index contributed by atoms with van der Waals surface area (Å²) in [6, 6.07) is 13.5. The monoisotopic (exact) mass is 404 g/mol. The zero-order valence-electron chi connectivity index (χ0n) is 15.8. The first-order valence-corrected chi connectivity index (χ1v) is 8.96. The van der Waals surface area contributed by atoms with Gasteiger partial charge in [-0.2, -0.15) is 0 Å². The summed E-state index contributed by atoms with van der Waals surface area (Å²) in [5, 5.41) is 22.8. The number of nitrogens with one attached hydrogen (secondary N) is 4. The van der Waals surface area contributed by atoms with Gasteiger partial charge in [0.25, 0.3) is 5.91 Å². The normalized spacial score (nSPS) is 11.0. The van der Waals surface area contributed by atoms with Crippen LogP contribution in [-0.4, -0.2) is 28.3 Å². The number of para-hydroxylation sites is 1. The lowest BCUT2D eigenvalue weighted by molar-refractivity contribution is 0.0706. The highest BCUT2D eigenvalue weighted by atomic mass is 16.5. The number of fused-ring (bicyclic) bond motifs is 1. The zero-order chi connectivity index (χ0) is 21.5. The van der Waals surface area contributed by atoms with Crippen LogP contribution in [0.4, 0.5) is 10.5 Å². The van der Waals surface area contributed by atoms with E-state index in [1.54, 1.807) is 29.9 Å². The van der Waals surface area contributed by atoms with Gasteiger partial charge >= 0.3 is 6.03 Å². The van der Waals surface area contributed by atoms with Crippen molar-refractivity contribution in [3.05, 3.63) is 77.6 Å². The van der Waals surface area contributed by atoms with E-state index in [9.17, 15) is 9.59 Å². The van der Waals surface area contributed by atoms with Gasteiger partial charge in [-0.05, 0) is 35.4 Å². The zero-order valence-corrected chi connectivity index (χ0v) is 15.8. The van der Waals surface area contributed by atoms with Crippen molar-refractivity contribution in [3.8, 4) is 0 Å². The average Bonchev–Trinajstić information content (AvgIpc) is 2.78. The number of urea groups is 1. The van der Waals surface area contributed by atoms with Crippen molar-refractivity contribution >= 4 is 40.3 Å². The molecule has 7 N–H and O–H groups in total. The first-order valence-electron chi connectivity index (χ1n) is 8.96. The SMILES string of the molecule is N=C/C(=C\N)c1cc(CNC(=O)Nc2cccc3cccnc23)ccc1C(=O)NO. The number of anilines is 1. The van der Waals surface area contributed by atoms with E-state index in [1.165, 1.54) is 12.3 Å². The molecule has 30 heavy (non-hydrogen) atoms. The Hall–Kier alpha value is -4.24. The van der Waals surface area contributed by atoms with E-state index < -0.39 is 11.9 Å². The molecule has 3 amide bonds. The number of rotatable bonds is 6. The Labute approximate surface area is 172 Å². The molecule has 0 radical (unpaired) electrons. The Kier molecular flexibility index (Phi) is 6.36. The second-order valence-electron chi connectivity index (χ2n) is 6.28. The number of carbonyl (C=O) groups excluding carboxylic acids is 2. The lowest BCUT2D eigenvalue weighted by atomic mass is 9.97. The molecule has 0 aliphatic carbocycles. The summed E-state index contributed by atoms with van der Waals surface area (Å²) in [7, 11) is 0. The van der Waals surface area contributed by atoms with Crippen LogP contribution in [0.15, 0.2) is 60.9 Å². The maximum Gasteiger partial charge on any atom is 0.319 e. The fourth-order valence-electron chi connectivity index (χ4n) is 2.97. The van der Waals surface area contributed by atoms with Crippen molar-refractivity contribution in [2.24, 2.45) is 5.73 Å². The molecule has 3 aromatic rings. The van der Waals surface area contributed by atoms with Crippen molar-refractivity contribution in [2.45, 2.75) is 6.54 Å². The van der Waals surface area contributed by atoms with Gasteiger partial charge in [0.15, 0.2) is 0 Å². The number of nitrogens with two attached hydrogens (primary N) is 1. The first kappa shape index (κ1) is 20.5. The van der Waals surface area contributed by atoms with Crippen LogP contribution in [0.25, 0.3) is 16.5 Å². The van der Waals surface area contributed by atoms with Crippen LogP contribution in [-0.2, 0) is 6.54 Å². The molecule has 0 fully saturated rings. The van der Waals surface area contributed by atoms with Crippen LogP contribution in [0.2, 0.25) is 0 Å². The standard InChI is InChI=1S/C21H20N6O3/c22-10-15(11-23)17-9-13(6-7-16(17)20(28)27-30)12-25-21(29)26-18-5-1-3-14-4-2-8-24-19(14)18/h1-11,22,30H,12,23H2,(H,27,28)(H2,25,26,29)/b15-11+,22-10?. The predicted molar refractivity (Wildman–Crippen MR) is 114 cm³/mol. The molecule has 1 heterocycles. The van der Waals surface area contributed by atoms with Gasteiger partial charge in [0, 0.05) is 41.7 Å². The minimum atomic E-state index is -0.730. The highest BCUT2D eigenvalue weighted by molar-refractivity contribution is 6.13. The number of allylic oxidation sites excluding steroid dienone is 1. The highest BCUT2D eigenvalue weighted by Crippen LogP contribution is 2.21. The van der Waals surface area contributed by atoms with Crippen molar-refractivity contribution in [1.29, 1.82) is 5.41 Å². The molecule has 0 unspecified atom stereocenters. The second kappa shape index (κ2) is 9.30. The number of nitrogens with zero attached hydrogens (tertiary/aromatic N) is 1. The van der Waals surface area contributed by atoms with E-state index in [2.05, 4.69) is 15.6 Å². The fraction of sp³-hybridized carbons (Fsp3) is 0.0476. The van der Waals surface area contributed by atoms with Crippen LogP contribution >= 0.6 is 0 Å². The molecule has 0 aliphatic heterocycles. The third-order valence-electron chi connectivity index (χ3n) is 4.41. The topological polar surface area (TPSA) is 153 Å². The predicted octanol–water partition coefficient (Wildman–Crippen LogP) is 2.62. The third-order valence-corrected chi connectivity index (χ3v) is 4.41. The Bertz CT molecular complexity index is 1140. The molecule has 0 bridgehead atoms. The van der Waals surface area contributed by atoms with Gasteiger partial charge in [-0.15, -0.1) is 0 Å². The van der Waals surface area contributed by atoms with E-state index in [-0.39, 0.29) is 12.1 Å². The van der Waals surface area contributed by atoms with E-state index in [4.69, 9.17) is 16.4 Å². The van der Waals surface area contributed by atoms with Gasteiger partial charge in [-0.3, -0.25) is 15.0 Å². The summed E-state index contributed by atoms with van der Waals surface area (Å²) >= 11 is 0. The molecule has 0 atom stereocenters. The molecule has 0 spiro atoms. The number of benzene rings is 2. The maximum absolute atomic E-state index is 12.4. The molecule has 3 rings (SSSR count). The van der Waals surface area contributed by atoms with Crippen LogP contribution in [0.3, 0.4) is 0 Å². The van der Waals surface area contributed by atoms with Gasteiger partial charge in [0.2, 0.25) is 0 Å². The quantitative estimate of drug-likeness (QED) is 0.212. The molecule has 0 aliphatic rings. The van der Waals surface area contributed by atoms with Crippen LogP contribution in [0.1, 0.15) is 21.5 Å². The number of hydroxylamine groups is 1. The highest BCUT2D eigenvalue weighted by Gasteiger charge is 2.14. The Morgan fingerprint density at radius 3 is 2.67 bits per heavy atom. The van der Waals surface area contributed by atoms with E-state index in [0.717, 1.165) is 11.6 Å². The maximum atomic E-state index is 12.4. The third kappa shape index (κ3) is 4.42. The Morgan fingerprint density at radius 1 is 1.13 bits per heavy atom. The van der Waals surface area contributed by atoms with Gasteiger partial charge in [0.05, 0.1) is 11.2 Å². The van der Waals surface area contributed by atoms with Crippen LogP contribution in [0.5, 0.6) is 0 Å². The second-order valence-corrected chi connectivity index (χ2v) is 6.28. The number of carbonyl (C=O) groups is 2. The molecular weight excluding hydrogens is 384 g/mol. The molecule has 9 nitrogen and oxygen atoms in total. The Morgan fingerprint density at radius 2 is 1.93 bits per heavy atom. The molecule has 2 aromatic carbocycles. The van der Waals surface area contributed by atoms with E-state index in [0.29, 0.717) is 27.9 Å². The average molecular weight is 404 g/mol. The summed E-state index contributed by atoms with van der Waals surface area (Å²) < 4.78 is 0. The summed E-state index contributed by atoms with van der Waals surface area (Å²) in [6.45, 7) is 0.161. The molecule has 0 saturated heterocycles. The summed E-state index contributed by atoms with van der Waals surface area (Å²) in [5.41, 5.74) is 9.84. The van der Waals surface area contributed by atoms with Crippen molar-refractivity contribution in [2.75, 3.05) is 5.32 Å². The Balaban J connectivity index is 1.76. The van der Waals surface area contributed by atoms with Gasteiger partial charge in [-0.1, -0.05) is 24.3 Å². The molecular formula is C21H20N6O3. The fourth-order valence-corrected chi connectivity index (χ4v) is 2.97. The molecule has 9 heteroatoms. The van der Waals surface area contributed by atoms with Crippen LogP contribution < -0.4 is 21.8 Å². The first-order chi connectivity index (χ1) is 14.6. The van der Waals surface area contributed by atoms with Crippen molar-refractivity contribution in [3.63, 3.8) is 0 Å². The summed E-state index contributed by atoms with van der Waals surface area (Å²) in [5.74, 6) is -0.730. The van der Waals surface area contributed by atoms with Gasteiger partial charge < -0.3 is 21.8 Å². The van der Waals surface area contributed by atoms with Crippen molar-refractivity contribution < 1.29 is 14.8 Å². The number of hydrogen-bond donors (Lipinski definition) is 6. The summed E-state index contributed by atoms with van der Waals surface area (Å²) in [4.78, 5) is 28.5. The largest absolute Gasteiger partial charge is 0.404 e. The van der Waals surface area contributed by atoms with Crippen molar-refractivity contribution in [1.82, 2.24) is 15.8 Å². The minimum absolute atomic E-state index is 0.146. The molecule has 152 valence electrons. The summed E-state index contributed by atoms with van der Waals surface area (Å²) in [6.07, 6.45) is 3.84. The molecule has 1 aromatic heterocycles. The number of hydrogen-bond acceptors (Lipinski definition) is 6. The number of pyridine rings is 1. The lowest BCUT2D eigenvalue weighted by Crippen LogP contribution is -2.28. The van der Waals surface area contributed by atoms with E-state index in [1.807, 2.05) is 24.3 Å². The van der Waals surface area contributed by atoms with Crippen LogP contribution in [0, 0.1) is 5.41 Å². The molecule has 0 saturated carbocycles. The van der Waals surface area contributed by atoms with Gasteiger partial charge in [0.1, 0.15) is 0 Å².